The van der Waals surface area contributed by atoms with E-state index in [1.807, 2.05) is 18.2 Å². The molecule has 0 radical (unpaired) electrons. The molecule has 1 unspecified atom stereocenters. The second kappa shape index (κ2) is 12.0. The van der Waals surface area contributed by atoms with Crippen LogP contribution in [0.5, 0.6) is 5.75 Å². The van der Waals surface area contributed by atoms with E-state index in [2.05, 4.69) is 10.5 Å². The van der Waals surface area contributed by atoms with Crippen molar-refractivity contribution in [1.82, 2.24) is 0 Å². The Labute approximate surface area is 171 Å². The number of ether oxygens (including phenoxy) is 2. The minimum Gasteiger partial charge on any atom is -0.491 e. The lowest BCUT2D eigenvalue weighted by Crippen LogP contribution is -2.20. The number of carbonyl (C=O) groups is 2. The van der Waals surface area contributed by atoms with Gasteiger partial charge >= 0.3 is 5.97 Å². The fourth-order valence-electron chi connectivity index (χ4n) is 3.19. The van der Waals surface area contributed by atoms with Crippen LogP contribution in [0.15, 0.2) is 60.4 Å². The lowest BCUT2D eigenvalue weighted by molar-refractivity contribution is -0.140. The highest BCUT2D eigenvalue weighted by Crippen LogP contribution is 2.33. The summed E-state index contributed by atoms with van der Waals surface area (Å²) in [5.74, 6) is -0.336. The van der Waals surface area contributed by atoms with Crippen molar-refractivity contribution < 1.29 is 29.3 Å². The van der Waals surface area contributed by atoms with Crippen LogP contribution in [0.25, 0.3) is 0 Å². The normalized spacial score (nSPS) is 22.2. The molecule has 0 aromatic heterocycles. The first-order valence-electron chi connectivity index (χ1n) is 9.72. The molecule has 1 aliphatic rings. The van der Waals surface area contributed by atoms with Crippen molar-refractivity contribution in [2.75, 3.05) is 13.7 Å². The van der Waals surface area contributed by atoms with E-state index in [0.29, 0.717) is 18.6 Å². The van der Waals surface area contributed by atoms with E-state index >= 15 is 0 Å². The molecule has 0 spiro atoms. The largest absolute Gasteiger partial charge is 0.491 e. The molecule has 0 aliphatic heterocycles. The first kappa shape index (κ1) is 22.6. The molecule has 2 rings (SSSR count). The Morgan fingerprint density at radius 3 is 2.79 bits per heavy atom. The fourth-order valence-corrected chi connectivity index (χ4v) is 3.19. The molecule has 2 N–H and O–H groups in total. The Balaban J connectivity index is 1.86. The summed E-state index contributed by atoms with van der Waals surface area (Å²) in [6.45, 7) is 0.0881. The molecule has 0 amide bonds. The van der Waals surface area contributed by atoms with Crippen molar-refractivity contribution in [1.29, 1.82) is 0 Å². The first-order valence-corrected chi connectivity index (χ1v) is 9.72. The SMILES string of the molecule is COC(=O)CCC=C=CC[C@@H]1C(=O)C[C@H](O)[C@H]1C=CC(O)COc1ccccc1. The van der Waals surface area contributed by atoms with Crippen LogP contribution in [-0.2, 0) is 14.3 Å². The Kier molecular flexibility index (Phi) is 9.38. The third kappa shape index (κ3) is 7.70. The third-order valence-electron chi connectivity index (χ3n) is 4.78. The van der Waals surface area contributed by atoms with Crippen LogP contribution < -0.4 is 4.74 Å². The van der Waals surface area contributed by atoms with Crippen molar-refractivity contribution in [2.24, 2.45) is 11.8 Å². The molecular formula is C23H28O6. The number of hydrogen-bond donors (Lipinski definition) is 2. The highest BCUT2D eigenvalue weighted by Gasteiger charge is 2.39. The molecule has 4 atom stereocenters. The van der Waals surface area contributed by atoms with Gasteiger partial charge in [0.2, 0.25) is 0 Å². The lowest BCUT2D eigenvalue weighted by atomic mass is 9.90. The summed E-state index contributed by atoms with van der Waals surface area (Å²) >= 11 is 0. The van der Waals surface area contributed by atoms with Gasteiger partial charge in [-0.15, -0.1) is 5.73 Å². The lowest BCUT2D eigenvalue weighted by Gasteiger charge is -2.16. The number of allylic oxidation sites excluding steroid dienone is 1. The van der Waals surface area contributed by atoms with Gasteiger partial charge in [-0.2, -0.15) is 0 Å². The minimum atomic E-state index is -0.840. The second-order valence-electron chi connectivity index (χ2n) is 6.92. The van der Waals surface area contributed by atoms with Crippen molar-refractivity contribution in [3.05, 3.63) is 60.4 Å². The number of methoxy groups -OCH3 is 1. The van der Waals surface area contributed by atoms with E-state index in [9.17, 15) is 19.8 Å². The number of benzene rings is 1. The van der Waals surface area contributed by atoms with Crippen LogP contribution >= 0.6 is 0 Å². The van der Waals surface area contributed by atoms with E-state index in [1.165, 1.54) is 7.11 Å². The average Bonchev–Trinajstić information content (AvgIpc) is 3.00. The summed E-state index contributed by atoms with van der Waals surface area (Å²) in [7, 11) is 1.34. The van der Waals surface area contributed by atoms with Gasteiger partial charge in [-0.05, 0) is 37.1 Å². The number of para-hydroxylation sites is 1. The summed E-state index contributed by atoms with van der Waals surface area (Å²) in [6.07, 6.45) is 6.48. The molecule has 1 saturated carbocycles. The summed E-state index contributed by atoms with van der Waals surface area (Å²) < 4.78 is 10.1. The number of rotatable bonds is 10. The molecule has 6 heteroatoms. The predicted octanol–water partition coefficient (Wildman–Crippen LogP) is 2.60. The van der Waals surface area contributed by atoms with Crippen LogP contribution in [0.2, 0.25) is 0 Å². The minimum absolute atomic E-state index is 0.00483. The number of aliphatic hydroxyl groups is 2. The fraction of sp³-hybridized carbons (Fsp3) is 0.435. The topological polar surface area (TPSA) is 93.1 Å². The number of aliphatic hydroxyl groups excluding tert-OH is 2. The van der Waals surface area contributed by atoms with Gasteiger partial charge in [0.05, 0.1) is 13.2 Å². The highest BCUT2D eigenvalue weighted by atomic mass is 16.5. The maximum atomic E-state index is 12.2. The summed E-state index contributed by atoms with van der Waals surface area (Å²) in [4.78, 5) is 23.2. The first-order chi connectivity index (χ1) is 14.0. The Bertz CT molecular complexity index is 748. The monoisotopic (exact) mass is 400 g/mol. The number of Topliss-reactive ketones (excluding diaryl/α,β-unsaturated/α-hetero) is 1. The maximum absolute atomic E-state index is 12.2. The van der Waals surface area contributed by atoms with Gasteiger partial charge < -0.3 is 19.7 Å². The van der Waals surface area contributed by atoms with E-state index in [4.69, 9.17) is 4.74 Å². The Morgan fingerprint density at radius 1 is 1.31 bits per heavy atom. The standard InChI is InChI=1S/C23H28O6/c1-28-23(27)12-8-3-2-7-11-19-20(22(26)15-21(19)25)14-13-17(24)16-29-18-9-5-4-6-10-18/h3-7,9-10,13-14,17,19-20,22,24,26H,8,11-12,15-16H2,1H3/t2?,17?,19-,20-,22-/m0/s1. The average molecular weight is 400 g/mol. The molecular weight excluding hydrogens is 372 g/mol. The molecule has 1 aromatic carbocycles. The zero-order valence-corrected chi connectivity index (χ0v) is 16.6. The molecule has 156 valence electrons. The zero-order chi connectivity index (χ0) is 21.1. The van der Waals surface area contributed by atoms with Crippen LogP contribution in [-0.4, -0.2) is 47.9 Å². The molecule has 1 aliphatic carbocycles. The molecule has 6 nitrogen and oxygen atoms in total. The van der Waals surface area contributed by atoms with Crippen molar-refractivity contribution >= 4 is 11.8 Å². The van der Waals surface area contributed by atoms with Gasteiger partial charge in [0.15, 0.2) is 0 Å². The molecule has 0 heterocycles. The molecule has 1 aromatic rings. The summed E-state index contributed by atoms with van der Waals surface area (Å²) in [5, 5.41) is 20.3. The smallest absolute Gasteiger partial charge is 0.305 e. The number of ketones is 1. The van der Waals surface area contributed by atoms with Gasteiger partial charge in [-0.25, -0.2) is 0 Å². The van der Waals surface area contributed by atoms with Crippen molar-refractivity contribution in [3.8, 4) is 5.75 Å². The molecule has 29 heavy (non-hydrogen) atoms. The van der Waals surface area contributed by atoms with Gasteiger partial charge in [0.1, 0.15) is 24.2 Å². The predicted molar refractivity (Wildman–Crippen MR) is 108 cm³/mol. The van der Waals surface area contributed by atoms with E-state index in [-0.39, 0.29) is 43.0 Å². The van der Waals surface area contributed by atoms with Gasteiger partial charge in [0.25, 0.3) is 0 Å². The van der Waals surface area contributed by atoms with Gasteiger partial charge in [-0.3, -0.25) is 9.59 Å². The van der Waals surface area contributed by atoms with Crippen molar-refractivity contribution in [2.45, 2.75) is 37.9 Å². The van der Waals surface area contributed by atoms with Crippen molar-refractivity contribution in [3.63, 3.8) is 0 Å². The Hall–Kier alpha value is -2.66. The van der Waals surface area contributed by atoms with Crippen LogP contribution in [0, 0.1) is 11.8 Å². The molecule has 0 saturated heterocycles. The summed E-state index contributed by atoms with van der Waals surface area (Å²) in [5.41, 5.74) is 2.97. The molecule has 1 fully saturated rings. The quantitative estimate of drug-likeness (QED) is 0.356. The van der Waals surface area contributed by atoms with Crippen LogP contribution in [0.3, 0.4) is 0 Å². The maximum Gasteiger partial charge on any atom is 0.305 e. The highest BCUT2D eigenvalue weighted by molar-refractivity contribution is 5.84. The third-order valence-corrected chi connectivity index (χ3v) is 4.78. The zero-order valence-electron chi connectivity index (χ0n) is 16.6. The van der Waals surface area contributed by atoms with Crippen LogP contribution in [0.1, 0.15) is 25.7 Å². The number of carbonyl (C=O) groups excluding carboxylic acids is 2. The summed E-state index contributed by atoms with van der Waals surface area (Å²) in [6, 6.07) is 9.18. The van der Waals surface area contributed by atoms with Gasteiger partial charge in [0, 0.05) is 24.7 Å². The second-order valence-corrected chi connectivity index (χ2v) is 6.92. The molecule has 0 bridgehead atoms. The number of esters is 1. The van der Waals surface area contributed by atoms with E-state index < -0.39 is 12.2 Å². The van der Waals surface area contributed by atoms with Gasteiger partial charge in [-0.1, -0.05) is 30.4 Å². The Morgan fingerprint density at radius 2 is 2.07 bits per heavy atom. The van der Waals surface area contributed by atoms with E-state index in [1.54, 1.807) is 36.4 Å². The van der Waals surface area contributed by atoms with Crippen LogP contribution in [0.4, 0.5) is 0 Å². The van der Waals surface area contributed by atoms with E-state index in [0.717, 1.165) is 0 Å². The number of hydrogen-bond acceptors (Lipinski definition) is 6.